The molecule has 0 saturated heterocycles. The van der Waals surface area contributed by atoms with Crippen LogP contribution < -0.4 is 4.90 Å². The molecule has 32 heavy (non-hydrogen) atoms. The Morgan fingerprint density at radius 1 is 0.906 bits per heavy atom. The molecule has 0 unspecified atom stereocenters. The molecule has 2 aliphatic carbocycles. The minimum atomic E-state index is 0.710. The molecule has 5 rings (SSSR count). The van der Waals surface area contributed by atoms with Gasteiger partial charge in [-0.15, -0.1) is 0 Å². The number of aryl methyl sites for hydroxylation is 1. The van der Waals surface area contributed by atoms with Gasteiger partial charge in [0.2, 0.25) is 0 Å². The first-order chi connectivity index (χ1) is 15.8. The van der Waals surface area contributed by atoms with Gasteiger partial charge in [0.15, 0.2) is 0 Å². The summed E-state index contributed by atoms with van der Waals surface area (Å²) in [6.45, 7) is 5.67. The molecule has 0 spiro atoms. The number of nitrogens with zero attached hydrogens (tertiary/aromatic N) is 2. The Morgan fingerprint density at radius 2 is 1.72 bits per heavy atom. The van der Waals surface area contributed by atoms with Crippen LogP contribution in [0.15, 0.2) is 47.4 Å². The van der Waals surface area contributed by atoms with Crippen molar-refractivity contribution in [1.29, 1.82) is 0 Å². The zero-order valence-corrected chi connectivity index (χ0v) is 20.7. The van der Waals surface area contributed by atoms with Crippen molar-refractivity contribution in [3.05, 3.63) is 59.2 Å². The van der Waals surface area contributed by atoms with Gasteiger partial charge in [-0.2, -0.15) is 0 Å². The molecule has 1 aliphatic heterocycles. The average Bonchev–Trinajstić information content (AvgIpc) is 3.53. The first-order valence-corrected chi connectivity index (χ1v) is 14.0. The van der Waals surface area contributed by atoms with Gasteiger partial charge in [-0.25, -0.2) is 4.31 Å². The third-order valence-corrected chi connectivity index (χ3v) is 9.06. The minimum Gasteiger partial charge on any atom is -0.372 e. The Labute approximate surface area is 199 Å². The van der Waals surface area contributed by atoms with Crippen LogP contribution in [0, 0.1) is 5.92 Å². The zero-order valence-electron chi connectivity index (χ0n) is 19.9. The molecule has 2 fully saturated rings. The first kappa shape index (κ1) is 22.3. The van der Waals surface area contributed by atoms with Crippen LogP contribution in [-0.2, 0) is 19.4 Å². The lowest BCUT2D eigenvalue weighted by molar-refractivity contribution is 0.350. The fraction of sp³-hybridized carbons (Fsp3) is 0.586. The number of rotatable bonds is 8. The number of hydrogen-bond acceptors (Lipinski definition) is 3. The second-order valence-corrected chi connectivity index (χ2v) is 11.4. The molecule has 3 aliphatic rings. The molecule has 2 nitrogen and oxygen atoms in total. The van der Waals surface area contributed by atoms with Crippen LogP contribution in [0.4, 0.5) is 5.69 Å². The van der Waals surface area contributed by atoms with Gasteiger partial charge >= 0.3 is 0 Å². The van der Waals surface area contributed by atoms with Crippen molar-refractivity contribution >= 4 is 17.6 Å². The highest BCUT2D eigenvalue weighted by atomic mass is 32.2. The lowest BCUT2D eigenvalue weighted by Crippen LogP contribution is -2.29. The molecule has 0 radical (unpaired) electrons. The SMILES string of the molecule is CCN1CCCc2cc(CN(Sc3cccc(CC4CCCC4)c3)C3CCCC3)ccc21. The van der Waals surface area contributed by atoms with Gasteiger partial charge in [-0.3, -0.25) is 0 Å². The van der Waals surface area contributed by atoms with E-state index in [-0.39, 0.29) is 0 Å². The summed E-state index contributed by atoms with van der Waals surface area (Å²) < 4.78 is 2.71. The van der Waals surface area contributed by atoms with Gasteiger partial charge in [-0.1, -0.05) is 62.8 Å². The summed E-state index contributed by atoms with van der Waals surface area (Å²) in [4.78, 5) is 3.98. The van der Waals surface area contributed by atoms with E-state index in [1.165, 1.54) is 93.3 Å². The minimum absolute atomic E-state index is 0.710. The highest BCUT2D eigenvalue weighted by Crippen LogP contribution is 2.36. The van der Waals surface area contributed by atoms with Gasteiger partial charge < -0.3 is 4.90 Å². The topological polar surface area (TPSA) is 6.48 Å². The third kappa shape index (κ3) is 5.37. The van der Waals surface area contributed by atoms with Crippen molar-refractivity contribution in [2.45, 2.75) is 95.0 Å². The van der Waals surface area contributed by atoms with Crippen molar-refractivity contribution in [3.8, 4) is 0 Å². The van der Waals surface area contributed by atoms with Crippen LogP contribution in [0.3, 0.4) is 0 Å². The molecule has 2 saturated carbocycles. The Kier molecular flexibility index (Phi) is 7.44. The highest BCUT2D eigenvalue weighted by molar-refractivity contribution is 7.97. The van der Waals surface area contributed by atoms with Crippen molar-refractivity contribution < 1.29 is 0 Å². The van der Waals surface area contributed by atoms with Crippen molar-refractivity contribution in [2.24, 2.45) is 5.92 Å². The number of fused-ring (bicyclic) bond motifs is 1. The van der Waals surface area contributed by atoms with E-state index in [2.05, 4.69) is 58.6 Å². The molecule has 1 heterocycles. The fourth-order valence-corrected chi connectivity index (χ4v) is 7.36. The summed E-state index contributed by atoms with van der Waals surface area (Å²) in [5.41, 5.74) is 6.07. The number of benzene rings is 2. The molecule has 0 amide bonds. The molecule has 172 valence electrons. The summed E-state index contributed by atoms with van der Waals surface area (Å²) >= 11 is 2.02. The van der Waals surface area contributed by atoms with Crippen LogP contribution in [-0.4, -0.2) is 23.4 Å². The van der Waals surface area contributed by atoms with E-state index in [4.69, 9.17) is 0 Å². The predicted octanol–water partition coefficient (Wildman–Crippen LogP) is 7.64. The van der Waals surface area contributed by atoms with E-state index in [0.717, 1.165) is 19.0 Å². The maximum absolute atomic E-state index is 2.71. The van der Waals surface area contributed by atoms with Crippen LogP contribution in [0.2, 0.25) is 0 Å². The second kappa shape index (κ2) is 10.7. The van der Waals surface area contributed by atoms with Gasteiger partial charge in [0.25, 0.3) is 0 Å². The third-order valence-electron chi connectivity index (χ3n) is 7.93. The maximum Gasteiger partial charge on any atom is 0.0398 e. The standard InChI is InChI=1S/C29H40N2S/c1-2-30-18-8-12-26-20-25(16-17-29(26)30)22-31(27-13-5-6-14-27)32-28-15-7-11-24(21-28)19-23-9-3-4-10-23/h7,11,15-17,20-21,23,27H,2-6,8-10,12-14,18-19,22H2,1H3. The summed E-state index contributed by atoms with van der Waals surface area (Å²) in [5, 5.41) is 0. The van der Waals surface area contributed by atoms with E-state index < -0.39 is 0 Å². The van der Waals surface area contributed by atoms with Gasteiger partial charge in [-0.05, 0) is 91.8 Å². The summed E-state index contributed by atoms with van der Waals surface area (Å²) in [6, 6.07) is 17.5. The first-order valence-electron chi connectivity index (χ1n) is 13.2. The van der Waals surface area contributed by atoms with E-state index in [1.54, 1.807) is 11.1 Å². The molecule has 3 heteroatoms. The van der Waals surface area contributed by atoms with E-state index in [0.29, 0.717) is 6.04 Å². The van der Waals surface area contributed by atoms with Gasteiger partial charge in [0.1, 0.15) is 0 Å². The van der Waals surface area contributed by atoms with Crippen molar-refractivity contribution in [2.75, 3.05) is 18.0 Å². The van der Waals surface area contributed by atoms with Crippen LogP contribution >= 0.6 is 11.9 Å². The largest absolute Gasteiger partial charge is 0.372 e. The molecule has 0 aromatic heterocycles. The molecule has 0 N–H and O–H groups in total. The fourth-order valence-electron chi connectivity index (χ4n) is 6.18. The predicted molar refractivity (Wildman–Crippen MR) is 138 cm³/mol. The summed E-state index contributed by atoms with van der Waals surface area (Å²) in [5.74, 6) is 0.916. The molecular formula is C29H40N2S. The summed E-state index contributed by atoms with van der Waals surface area (Å²) in [6.07, 6.45) is 15.0. The average molecular weight is 449 g/mol. The van der Waals surface area contributed by atoms with E-state index in [1.807, 2.05) is 11.9 Å². The van der Waals surface area contributed by atoms with Crippen LogP contribution in [0.1, 0.15) is 81.4 Å². The Hall–Kier alpha value is -1.45. The van der Waals surface area contributed by atoms with E-state index in [9.17, 15) is 0 Å². The normalized spacial score (nSPS) is 19.8. The van der Waals surface area contributed by atoms with Crippen molar-refractivity contribution in [1.82, 2.24) is 4.31 Å². The summed E-state index contributed by atoms with van der Waals surface area (Å²) in [7, 11) is 0. The van der Waals surface area contributed by atoms with E-state index >= 15 is 0 Å². The van der Waals surface area contributed by atoms with Crippen molar-refractivity contribution in [3.63, 3.8) is 0 Å². The quantitative estimate of drug-likeness (QED) is 0.383. The molecule has 0 atom stereocenters. The number of anilines is 1. The highest BCUT2D eigenvalue weighted by Gasteiger charge is 2.25. The lowest BCUT2D eigenvalue weighted by Gasteiger charge is -2.32. The molecule has 2 aromatic carbocycles. The van der Waals surface area contributed by atoms with Gasteiger partial charge in [0.05, 0.1) is 0 Å². The van der Waals surface area contributed by atoms with Crippen LogP contribution in [0.25, 0.3) is 0 Å². The second-order valence-electron chi connectivity index (χ2n) is 10.3. The molecule has 0 bridgehead atoms. The number of hydrogen-bond donors (Lipinski definition) is 0. The monoisotopic (exact) mass is 448 g/mol. The Morgan fingerprint density at radius 3 is 2.53 bits per heavy atom. The van der Waals surface area contributed by atoms with Gasteiger partial charge in [0, 0.05) is 36.3 Å². The maximum atomic E-state index is 2.71. The Bertz CT molecular complexity index is 882. The molecular weight excluding hydrogens is 408 g/mol. The lowest BCUT2D eigenvalue weighted by atomic mass is 9.98. The molecule has 2 aromatic rings. The Balaban J connectivity index is 1.31. The smallest absolute Gasteiger partial charge is 0.0398 e. The van der Waals surface area contributed by atoms with Crippen LogP contribution in [0.5, 0.6) is 0 Å². The zero-order chi connectivity index (χ0) is 21.8.